The molecular weight excluding hydrogens is 226 g/mol. The van der Waals surface area contributed by atoms with Crippen molar-refractivity contribution in [1.82, 2.24) is 9.97 Å². The van der Waals surface area contributed by atoms with Gasteiger partial charge in [0.2, 0.25) is 0 Å². The fraction of sp³-hybridized carbons (Fsp3) is 0.286. The Bertz CT molecular complexity index is 629. The van der Waals surface area contributed by atoms with E-state index in [2.05, 4.69) is 23.8 Å². The van der Waals surface area contributed by atoms with Crippen LogP contribution in [0.5, 0.6) is 0 Å². The monoisotopic (exact) mass is 243 g/mol. The van der Waals surface area contributed by atoms with Gasteiger partial charge in [0.05, 0.1) is 5.69 Å². The van der Waals surface area contributed by atoms with E-state index in [1.54, 1.807) is 6.92 Å². The first kappa shape index (κ1) is 12.4. The van der Waals surface area contributed by atoms with Crippen LogP contribution >= 0.6 is 0 Å². The highest BCUT2D eigenvalue weighted by Gasteiger charge is 2.07. The molecule has 2 rings (SSSR count). The summed E-state index contributed by atoms with van der Waals surface area (Å²) in [6.45, 7) is 5.96. The first-order chi connectivity index (χ1) is 8.47. The van der Waals surface area contributed by atoms with E-state index in [4.69, 9.17) is 5.73 Å². The molecule has 1 aromatic heterocycles. The summed E-state index contributed by atoms with van der Waals surface area (Å²) < 4.78 is 0. The Balaban J connectivity index is 2.52. The lowest BCUT2D eigenvalue weighted by atomic mass is 9.98. The van der Waals surface area contributed by atoms with Gasteiger partial charge >= 0.3 is 0 Å². The Labute approximate surface area is 106 Å². The zero-order valence-corrected chi connectivity index (χ0v) is 10.8. The number of hydrogen-bond donors (Lipinski definition) is 2. The van der Waals surface area contributed by atoms with Crippen molar-refractivity contribution >= 4 is 5.69 Å². The maximum atomic E-state index is 11.4. The number of H-pyrrole nitrogens is 1. The number of nitrogen functional groups attached to an aromatic ring is 1. The van der Waals surface area contributed by atoms with E-state index in [0.29, 0.717) is 17.4 Å². The molecule has 2 aromatic rings. The quantitative estimate of drug-likeness (QED) is 0.796. The van der Waals surface area contributed by atoms with E-state index in [9.17, 15) is 4.79 Å². The minimum Gasteiger partial charge on any atom is -0.398 e. The molecule has 4 heteroatoms. The highest BCUT2D eigenvalue weighted by molar-refractivity contribution is 5.66. The number of nitrogens with zero attached hydrogens (tertiary/aromatic N) is 1. The molecule has 1 aromatic carbocycles. The van der Waals surface area contributed by atoms with E-state index in [1.165, 1.54) is 6.07 Å². The van der Waals surface area contributed by atoms with Crippen LogP contribution in [-0.2, 0) is 0 Å². The summed E-state index contributed by atoms with van der Waals surface area (Å²) in [4.78, 5) is 18.4. The van der Waals surface area contributed by atoms with Crippen LogP contribution < -0.4 is 11.3 Å². The SMILES string of the molecule is Cc1nc(-c2ccc(C(C)C)c(N)c2)cc(=O)[nH]1. The largest absolute Gasteiger partial charge is 0.398 e. The van der Waals surface area contributed by atoms with Gasteiger partial charge in [-0.2, -0.15) is 0 Å². The van der Waals surface area contributed by atoms with Crippen molar-refractivity contribution in [2.45, 2.75) is 26.7 Å². The van der Waals surface area contributed by atoms with Gasteiger partial charge in [0.15, 0.2) is 0 Å². The summed E-state index contributed by atoms with van der Waals surface area (Å²) in [5.41, 5.74) is 9.24. The number of rotatable bonds is 2. The Morgan fingerprint density at radius 1 is 1.28 bits per heavy atom. The minimum absolute atomic E-state index is 0.149. The second-order valence-electron chi connectivity index (χ2n) is 4.71. The molecule has 0 unspecified atom stereocenters. The lowest BCUT2D eigenvalue weighted by molar-refractivity contribution is 0.870. The van der Waals surface area contributed by atoms with Gasteiger partial charge in [0, 0.05) is 17.3 Å². The molecule has 0 atom stereocenters. The van der Waals surface area contributed by atoms with Crippen LogP contribution in [0.4, 0.5) is 5.69 Å². The fourth-order valence-electron chi connectivity index (χ4n) is 1.99. The Morgan fingerprint density at radius 3 is 2.56 bits per heavy atom. The number of aryl methyl sites for hydroxylation is 1. The van der Waals surface area contributed by atoms with E-state index in [0.717, 1.165) is 16.8 Å². The number of nitrogens with one attached hydrogen (secondary N) is 1. The van der Waals surface area contributed by atoms with Crippen LogP contribution in [0.2, 0.25) is 0 Å². The smallest absolute Gasteiger partial charge is 0.251 e. The van der Waals surface area contributed by atoms with E-state index < -0.39 is 0 Å². The summed E-state index contributed by atoms with van der Waals surface area (Å²) in [7, 11) is 0. The number of aromatic amines is 1. The van der Waals surface area contributed by atoms with Gasteiger partial charge in [-0.25, -0.2) is 4.98 Å². The number of nitrogens with two attached hydrogens (primary N) is 1. The first-order valence-corrected chi connectivity index (χ1v) is 5.95. The van der Waals surface area contributed by atoms with Crippen molar-refractivity contribution in [2.24, 2.45) is 0 Å². The third kappa shape index (κ3) is 2.42. The fourth-order valence-corrected chi connectivity index (χ4v) is 1.99. The van der Waals surface area contributed by atoms with Gasteiger partial charge in [-0.3, -0.25) is 4.79 Å². The van der Waals surface area contributed by atoms with E-state index in [-0.39, 0.29) is 5.56 Å². The molecule has 4 nitrogen and oxygen atoms in total. The minimum atomic E-state index is -0.149. The predicted octanol–water partition coefficient (Wildman–Crippen LogP) is 2.45. The summed E-state index contributed by atoms with van der Waals surface area (Å²) in [6.07, 6.45) is 0. The lowest BCUT2D eigenvalue weighted by Crippen LogP contribution is -2.08. The summed E-state index contributed by atoms with van der Waals surface area (Å²) in [6, 6.07) is 7.30. The van der Waals surface area contributed by atoms with Crippen LogP contribution in [0.25, 0.3) is 11.3 Å². The lowest BCUT2D eigenvalue weighted by Gasteiger charge is -2.11. The molecule has 0 aliphatic rings. The van der Waals surface area contributed by atoms with Crippen molar-refractivity contribution in [3.05, 3.63) is 46.0 Å². The van der Waals surface area contributed by atoms with Gasteiger partial charge in [-0.1, -0.05) is 26.0 Å². The average molecular weight is 243 g/mol. The predicted molar refractivity (Wildman–Crippen MR) is 73.5 cm³/mol. The van der Waals surface area contributed by atoms with Gasteiger partial charge in [0.1, 0.15) is 5.82 Å². The van der Waals surface area contributed by atoms with Gasteiger partial charge in [-0.05, 0) is 24.5 Å². The topological polar surface area (TPSA) is 71.8 Å². The molecule has 3 N–H and O–H groups in total. The van der Waals surface area contributed by atoms with Crippen LogP contribution in [0.3, 0.4) is 0 Å². The molecule has 0 saturated heterocycles. The number of aromatic nitrogens is 2. The van der Waals surface area contributed by atoms with Crippen molar-refractivity contribution in [3.63, 3.8) is 0 Å². The van der Waals surface area contributed by atoms with E-state index in [1.807, 2.05) is 18.2 Å². The maximum absolute atomic E-state index is 11.4. The first-order valence-electron chi connectivity index (χ1n) is 5.95. The molecule has 0 fully saturated rings. The number of hydrogen-bond acceptors (Lipinski definition) is 3. The maximum Gasteiger partial charge on any atom is 0.251 e. The normalized spacial score (nSPS) is 10.9. The second-order valence-corrected chi connectivity index (χ2v) is 4.71. The van der Waals surface area contributed by atoms with Gasteiger partial charge in [0.25, 0.3) is 5.56 Å². The van der Waals surface area contributed by atoms with Crippen molar-refractivity contribution in [2.75, 3.05) is 5.73 Å². The highest BCUT2D eigenvalue weighted by Crippen LogP contribution is 2.26. The summed E-state index contributed by atoms with van der Waals surface area (Å²) >= 11 is 0. The van der Waals surface area contributed by atoms with Crippen molar-refractivity contribution < 1.29 is 0 Å². The van der Waals surface area contributed by atoms with Crippen molar-refractivity contribution in [3.8, 4) is 11.3 Å². The second kappa shape index (κ2) is 4.64. The molecule has 0 aliphatic heterocycles. The Kier molecular flexibility index (Phi) is 3.19. The average Bonchev–Trinajstić information content (AvgIpc) is 2.26. The van der Waals surface area contributed by atoms with E-state index >= 15 is 0 Å². The standard InChI is InChI=1S/C14H17N3O/c1-8(2)11-5-4-10(6-12(11)15)13-7-14(18)17-9(3)16-13/h4-8H,15H2,1-3H3,(H,16,17,18). The Morgan fingerprint density at radius 2 is 2.00 bits per heavy atom. The zero-order valence-electron chi connectivity index (χ0n) is 10.8. The molecule has 0 bridgehead atoms. The van der Waals surface area contributed by atoms with Crippen LogP contribution in [-0.4, -0.2) is 9.97 Å². The number of anilines is 1. The molecule has 0 spiro atoms. The molecule has 1 heterocycles. The van der Waals surface area contributed by atoms with Gasteiger partial charge in [-0.15, -0.1) is 0 Å². The highest BCUT2D eigenvalue weighted by atomic mass is 16.1. The molecular formula is C14H17N3O. The van der Waals surface area contributed by atoms with Crippen LogP contribution in [0.1, 0.15) is 31.2 Å². The number of benzene rings is 1. The molecule has 94 valence electrons. The summed E-state index contributed by atoms with van der Waals surface area (Å²) in [5.74, 6) is 0.983. The van der Waals surface area contributed by atoms with Gasteiger partial charge < -0.3 is 10.7 Å². The molecule has 0 radical (unpaired) electrons. The molecule has 18 heavy (non-hydrogen) atoms. The van der Waals surface area contributed by atoms with Crippen LogP contribution in [0.15, 0.2) is 29.1 Å². The van der Waals surface area contributed by atoms with Crippen LogP contribution in [0, 0.1) is 6.92 Å². The third-order valence-corrected chi connectivity index (χ3v) is 2.86. The zero-order chi connectivity index (χ0) is 13.3. The molecule has 0 saturated carbocycles. The van der Waals surface area contributed by atoms with Crippen molar-refractivity contribution in [1.29, 1.82) is 0 Å². The molecule has 0 aliphatic carbocycles. The summed E-state index contributed by atoms with van der Waals surface area (Å²) in [5, 5.41) is 0. The Hall–Kier alpha value is -2.10. The molecule has 0 amide bonds. The third-order valence-electron chi connectivity index (χ3n) is 2.86.